The van der Waals surface area contributed by atoms with Gasteiger partial charge in [0.15, 0.2) is 5.11 Å². The molecule has 1 heterocycles. The summed E-state index contributed by atoms with van der Waals surface area (Å²) in [5.74, 6) is -0.192. The van der Waals surface area contributed by atoms with Crippen LogP contribution in [0.3, 0.4) is 0 Å². The van der Waals surface area contributed by atoms with Gasteiger partial charge in [0.25, 0.3) is 0 Å². The number of benzene rings is 2. The average molecular weight is 469 g/mol. The third-order valence-corrected chi connectivity index (χ3v) is 5.50. The molecule has 1 saturated heterocycles. The van der Waals surface area contributed by atoms with Crippen molar-refractivity contribution in [2.75, 3.05) is 23.3 Å². The van der Waals surface area contributed by atoms with Crippen LogP contribution in [0.1, 0.15) is 39.2 Å². The van der Waals surface area contributed by atoms with Gasteiger partial charge in [-0.3, -0.25) is 9.69 Å². The van der Waals surface area contributed by atoms with Gasteiger partial charge in [-0.25, -0.2) is 4.79 Å². The highest BCUT2D eigenvalue weighted by Crippen LogP contribution is 2.29. The zero-order valence-electron chi connectivity index (χ0n) is 19.4. The molecule has 1 aliphatic heterocycles. The first-order chi connectivity index (χ1) is 15.6. The highest BCUT2D eigenvalue weighted by Gasteiger charge is 2.28. The molecule has 1 fully saturated rings. The Morgan fingerprint density at radius 3 is 2.30 bits per heavy atom. The van der Waals surface area contributed by atoms with E-state index in [1.807, 2.05) is 75.4 Å². The van der Waals surface area contributed by atoms with Crippen LogP contribution < -0.4 is 16.0 Å². The summed E-state index contributed by atoms with van der Waals surface area (Å²) >= 11 is 5.24. The second-order valence-electron chi connectivity index (χ2n) is 9.13. The summed E-state index contributed by atoms with van der Waals surface area (Å²) in [6.45, 7) is 6.79. The highest BCUT2D eigenvalue weighted by molar-refractivity contribution is 7.80. The molecule has 2 aromatic rings. The Morgan fingerprint density at radius 2 is 1.70 bits per heavy atom. The van der Waals surface area contributed by atoms with E-state index < -0.39 is 5.60 Å². The normalized spacial score (nSPS) is 14.5. The molecule has 176 valence electrons. The summed E-state index contributed by atoms with van der Waals surface area (Å²) in [6.07, 6.45) is 1.44. The predicted octanol–water partition coefficient (Wildman–Crippen LogP) is 4.32. The van der Waals surface area contributed by atoms with Gasteiger partial charge < -0.3 is 20.7 Å². The lowest BCUT2D eigenvalue weighted by atomic mass is 10.0. The first-order valence-corrected chi connectivity index (χ1v) is 11.5. The minimum atomic E-state index is -0.512. The molecule has 3 N–H and O–H groups in total. The van der Waals surface area contributed by atoms with E-state index in [1.54, 1.807) is 4.90 Å². The van der Waals surface area contributed by atoms with Gasteiger partial charge in [0.1, 0.15) is 5.60 Å². The van der Waals surface area contributed by atoms with E-state index in [-0.39, 0.29) is 29.6 Å². The molecule has 0 bridgehead atoms. The molecule has 0 unspecified atom stereocenters. The fourth-order valence-electron chi connectivity index (χ4n) is 3.77. The SMILES string of the molecule is CC(C)(C)OC(=O)N1CCC(Nc2ccccc2N(C(=O)Cc2ccccc2)C(N)=S)CC1. The monoisotopic (exact) mass is 468 g/mol. The fourth-order valence-corrected chi connectivity index (χ4v) is 3.97. The van der Waals surface area contributed by atoms with Crippen molar-refractivity contribution >= 4 is 40.7 Å². The van der Waals surface area contributed by atoms with Crippen LogP contribution in [0, 0.1) is 0 Å². The van der Waals surface area contributed by atoms with Crippen molar-refractivity contribution in [3.05, 3.63) is 60.2 Å². The number of rotatable bonds is 5. The van der Waals surface area contributed by atoms with E-state index in [0.29, 0.717) is 18.8 Å². The Kier molecular flexibility index (Phi) is 7.92. The number of nitrogens with one attached hydrogen (secondary N) is 1. The highest BCUT2D eigenvalue weighted by atomic mass is 32.1. The number of ether oxygens (including phenoxy) is 1. The molecule has 2 aromatic carbocycles. The lowest BCUT2D eigenvalue weighted by molar-refractivity contribution is -0.117. The maximum atomic E-state index is 13.1. The largest absolute Gasteiger partial charge is 0.444 e. The Balaban J connectivity index is 1.69. The number of hydrogen-bond donors (Lipinski definition) is 2. The van der Waals surface area contributed by atoms with Gasteiger partial charge in [0, 0.05) is 19.1 Å². The molecule has 0 aliphatic carbocycles. The number of likely N-dealkylation sites (tertiary alicyclic amines) is 1. The van der Waals surface area contributed by atoms with Crippen LogP contribution in [-0.4, -0.2) is 46.7 Å². The van der Waals surface area contributed by atoms with Gasteiger partial charge in [-0.2, -0.15) is 0 Å². The lowest BCUT2D eigenvalue weighted by Crippen LogP contribution is -2.45. The van der Waals surface area contributed by atoms with E-state index in [4.69, 9.17) is 22.7 Å². The minimum absolute atomic E-state index is 0.00456. The Labute approximate surface area is 200 Å². The maximum absolute atomic E-state index is 13.1. The Hall–Kier alpha value is -3.13. The molecule has 33 heavy (non-hydrogen) atoms. The molecule has 2 amide bonds. The number of carbonyl (C=O) groups excluding carboxylic acids is 2. The summed E-state index contributed by atoms with van der Waals surface area (Å²) in [7, 11) is 0. The average Bonchev–Trinajstić information content (AvgIpc) is 2.75. The Morgan fingerprint density at radius 1 is 1.09 bits per heavy atom. The summed E-state index contributed by atoms with van der Waals surface area (Å²) in [5, 5.41) is 3.53. The van der Waals surface area contributed by atoms with E-state index >= 15 is 0 Å². The molecule has 0 aromatic heterocycles. The van der Waals surface area contributed by atoms with Gasteiger partial charge in [-0.05, 0) is 63.5 Å². The number of amides is 2. The third kappa shape index (κ3) is 6.92. The van der Waals surface area contributed by atoms with E-state index in [1.165, 1.54) is 4.90 Å². The van der Waals surface area contributed by atoms with Crippen molar-refractivity contribution in [1.29, 1.82) is 0 Å². The number of hydrogen-bond acceptors (Lipinski definition) is 5. The van der Waals surface area contributed by atoms with Gasteiger partial charge in [0.2, 0.25) is 5.91 Å². The van der Waals surface area contributed by atoms with E-state index in [2.05, 4.69) is 5.32 Å². The number of nitrogens with two attached hydrogens (primary N) is 1. The van der Waals surface area contributed by atoms with Crippen molar-refractivity contribution in [3.8, 4) is 0 Å². The topological polar surface area (TPSA) is 87.9 Å². The molecular weight excluding hydrogens is 436 g/mol. The number of para-hydroxylation sites is 2. The second kappa shape index (κ2) is 10.7. The molecule has 0 saturated carbocycles. The first kappa shape index (κ1) is 24.5. The second-order valence-corrected chi connectivity index (χ2v) is 9.55. The van der Waals surface area contributed by atoms with Crippen LogP contribution in [-0.2, 0) is 16.0 Å². The lowest BCUT2D eigenvalue weighted by Gasteiger charge is -2.34. The quantitative estimate of drug-likeness (QED) is 0.636. The van der Waals surface area contributed by atoms with Crippen LogP contribution in [0.25, 0.3) is 0 Å². The fraction of sp³-hybridized carbons (Fsp3) is 0.400. The van der Waals surface area contributed by atoms with Gasteiger partial charge in [0.05, 0.1) is 17.8 Å². The van der Waals surface area contributed by atoms with Gasteiger partial charge in [-0.1, -0.05) is 42.5 Å². The van der Waals surface area contributed by atoms with Crippen molar-refractivity contribution in [1.82, 2.24) is 4.90 Å². The molecule has 3 rings (SSSR count). The molecule has 8 heteroatoms. The number of carbonyl (C=O) groups is 2. The van der Waals surface area contributed by atoms with Crippen molar-refractivity contribution in [3.63, 3.8) is 0 Å². The molecule has 7 nitrogen and oxygen atoms in total. The summed E-state index contributed by atoms with van der Waals surface area (Å²) in [6, 6.07) is 17.1. The standard InChI is InChI=1S/C25H32N4O3S/c1-25(2,3)32-24(31)28-15-13-19(14-16-28)27-20-11-7-8-12-21(20)29(23(26)33)22(30)17-18-9-5-4-6-10-18/h4-12,19,27H,13-17H2,1-3H3,(H2,26,33). The number of thiocarbonyl (C=S) groups is 1. The third-order valence-electron chi connectivity index (χ3n) is 5.32. The van der Waals surface area contributed by atoms with Gasteiger partial charge in [-0.15, -0.1) is 0 Å². The first-order valence-electron chi connectivity index (χ1n) is 11.1. The number of piperidine rings is 1. The van der Waals surface area contributed by atoms with Crippen LogP contribution in [0.2, 0.25) is 0 Å². The van der Waals surface area contributed by atoms with E-state index in [0.717, 1.165) is 24.1 Å². The van der Waals surface area contributed by atoms with Crippen molar-refractivity contribution < 1.29 is 14.3 Å². The minimum Gasteiger partial charge on any atom is -0.444 e. The molecule has 1 aliphatic rings. The zero-order chi connectivity index (χ0) is 24.0. The summed E-state index contributed by atoms with van der Waals surface area (Å²) < 4.78 is 5.48. The van der Waals surface area contributed by atoms with Gasteiger partial charge >= 0.3 is 6.09 Å². The molecule has 0 atom stereocenters. The van der Waals surface area contributed by atoms with Crippen molar-refractivity contribution in [2.45, 2.75) is 51.7 Å². The summed E-state index contributed by atoms with van der Waals surface area (Å²) in [5.41, 5.74) is 7.76. The summed E-state index contributed by atoms with van der Waals surface area (Å²) in [4.78, 5) is 28.6. The van der Waals surface area contributed by atoms with Crippen LogP contribution in [0.15, 0.2) is 54.6 Å². The number of nitrogens with zero attached hydrogens (tertiary/aromatic N) is 2. The Bertz CT molecular complexity index is 983. The van der Waals surface area contributed by atoms with Crippen LogP contribution in [0.4, 0.5) is 16.2 Å². The molecule has 0 radical (unpaired) electrons. The van der Waals surface area contributed by atoms with Crippen LogP contribution in [0.5, 0.6) is 0 Å². The zero-order valence-corrected chi connectivity index (χ0v) is 20.2. The molecular formula is C25H32N4O3S. The smallest absolute Gasteiger partial charge is 0.410 e. The van der Waals surface area contributed by atoms with Crippen molar-refractivity contribution in [2.24, 2.45) is 5.73 Å². The predicted molar refractivity (Wildman–Crippen MR) is 135 cm³/mol. The van der Waals surface area contributed by atoms with E-state index in [9.17, 15) is 9.59 Å². The number of anilines is 2. The maximum Gasteiger partial charge on any atom is 0.410 e. The van der Waals surface area contributed by atoms with Crippen LogP contribution >= 0.6 is 12.2 Å². The molecule has 0 spiro atoms.